The van der Waals surface area contributed by atoms with Crippen LogP contribution < -0.4 is 5.32 Å². The maximum Gasteiger partial charge on any atom is 0.407 e. The first-order valence-corrected chi connectivity index (χ1v) is 9.88. The molecule has 3 aliphatic rings. The minimum absolute atomic E-state index is 0.0776. The molecule has 2 aromatic carbocycles. The molecule has 2 saturated carbocycles. The topological polar surface area (TPSA) is 58.6 Å². The van der Waals surface area contributed by atoms with E-state index < -0.39 is 0 Å². The zero-order valence-corrected chi connectivity index (χ0v) is 15.4. The summed E-state index contributed by atoms with van der Waals surface area (Å²) in [6.45, 7) is 0.994. The predicted molar refractivity (Wildman–Crippen MR) is 103 cm³/mol. The number of carbonyl (C=O) groups is 1. The molecule has 4 heteroatoms. The summed E-state index contributed by atoms with van der Waals surface area (Å²) in [6.07, 6.45) is 4.25. The minimum Gasteiger partial charge on any atom is -0.449 e. The Kier molecular flexibility index (Phi) is 3.80. The summed E-state index contributed by atoms with van der Waals surface area (Å²) in [5, 5.41) is 12.7. The maximum absolute atomic E-state index is 12.3. The van der Waals surface area contributed by atoms with Crippen molar-refractivity contribution in [2.45, 2.75) is 31.6 Å². The van der Waals surface area contributed by atoms with Gasteiger partial charge in [0.25, 0.3) is 0 Å². The molecule has 1 spiro atoms. The van der Waals surface area contributed by atoms with Gasteiger partial charge in [-0.15, -0.1) is 0 Å². The fourth-order valence-corrected chi connectivity index (χ4v) is 5.33. The molecule has 0 saturated heterocycles. The molecule has 27 heavy (non-hydrogen) atoms. The quantitative estimate of drug-likeness (QED) is 0.842. The Hall–Kier alpha value is -2.33. The van der Waals surface area contributed by atoms with Gasteiger partial charge in [0.2, 0.25) is 0 Å². The summed E-state index contributed by atoms with van der Waals surface area (Å²) in [5.74, 6) is 0.0776. The third-order valence-electron chi connectivity index (χ3n) is 7.20. The monoisotopic (exact) mass is 363 g/mol. The van der Waals surface area contributed by atoms with Gasteiger partial charge in [-0.3, -0.25) is 0 Å². The van der Waals surface area contributed by atoms with E-state index in [1.165, 1.54) is 41.5 Å². The van der Waals surface area contributed by atoms with E-state index in [1.54, 1.807) is 0 Å². The van der Waals surface area contributed by atoms with E-state index >= 15 is 0 Å². The van der Waals surface area contributed by atoms with Gasteiger partial charge in [-0.2, -0.15) is 0 Å². The Morgan fingerprint density at radius 3 is 2.22 bits per heavy atom. The molecule has 1 unspecified atom stereocenters. The van der Waals surface area contributed by atoms with Crippen LogP contribution in [0, 0.1) is 10.8 Å². The van der Waals surface area contributed by atoms with Gasteiger partial charge >= 0.3 is 6.09 Å². The van der Waals surface area contributed by atoms with E-state index in [9.17, 15) is 9.90 Å². The van der Waals surface area contributed by atoms with Gasteiger partial charge in [-0.05, 0) is 46.9 Å². The summed E-state index contributed by atoms with van der Waals surface area (Å²) >= 11 is 0. The standard InChI is InChI=1S/C23H25NO3/c25-15-23(13-22(23)10-5-11-22)14-24-21(26)27-12-20-18-8-3-1-6-16(18)17-7-2-4-9-19(17)20/h1-4,6-9,20,25H,5,10-15H2,(H,24,26). The van der Waals surface area contributed by atoms with Crippen molar-refractivity contribution in [3.05, 3.63) is 59.7 Å². The normalized spacial score (nSPS) is 24.0. The second-order valence-corrected chi connectivity index (χ2v) is 8.43. The fourth-order valence-electron chi connectivity index (χ4n) is 5.33. The molecule has 2 fully saturated rings. The molecule has 0 aromatic heterocycles. The number of hydrogen-bond acceptors (Lipinski definition) is 3. The molecule has 5 rings (SSSR count). The molecule has 0 heterocycles. The number of aliphatic hydroxyl groups is 1. The van der Waals surface area contributed by atoms with Crippen LogP contribution in [0.5, 0.6) is 0 Å². The van der Waals surface area contributed by atoms with Crippen LogP contribution in [-0.4, -0.2) is 31.0 Å². The van der Waals surface area contributed by atoms with E-state index in [0.717, 1.165) is 6.42 Å². The predicted octanol–water partition coefficient (Wildman–Crippen LogP) is 4.08. The molecule has 1 atom stereocenters. The Balaban J connectivity index is 1.23. The first-order chi connectivity index (χ1) is 13.2. The van der Waals surface area contributed by atoms with Crippen molar-refractivity contribution in [2.75, 3.05) is 19.8 Å². The number of aliphatic hydroxyl groups excluding tert-OH is 1. The molecule has 1 amide bonds. The highest BCUT2D eigenvalue weighted by Crippen LogP contribution is 2.73. The van der Waals surface area contributed by atoms with Crippen molar-refractivity contribution >= 4 is 6.09 Å². The zero-order valence-electron chi connectivity index (χ0n) is 15.4. The van der Waals surface area contributed by atoms with Crippen LogP contribution in [0.4, 0.5) is 4.79 Å². The third kappa shape index (κ3) is 2.50. The molecule has 2 aromatic rings. The average molecular weight is 363 g/mol. The largest absolute Gasteiger partial charge is 0.449 e. The molecule has 140 valence electrons. The van der Waals surface area contributed by atoms with Gasteiger partial charge in [0.15, 0.2) is 0 Å². The summed E-state index contributed by atoms with van der Waals surface area (Å²) in [6, 6.07) is 16.7. The van der Waals surface area contributed by atoms with Crippen LogP contribution in [0.3, 0.4) is 0 Å². The van der Waals surface area contributed by atoms with Crippen molar-refractivity contribution in [3.63, 3.8) is 0 Å². The summed E-state index contributed by atoms with van der Waals surface area (Å²) in [7, 11) is 0. The lowest BCUT2D eigenvalue weighted by Gasteiger charge is -2.32. The van der Waals surface area contributed by atoms with Gasteiger partial charge < -0.3 is 15.2 Å². The summed E-state index contributed by atoms with van der Waals surface area (Å²) in [5.41, 5.74) is 5.07. The maximum atomic E-state index is 12.3. The van der Waals surface area contributed by atoms with E-state index in [2.05, 4.69) is 29.6 Å². The number of benzene rings is 2. The van der Waals surface area contributed by atoms with Crippen LogP contribution in [-0.2, 0) is 4.74 Å². The third-order valence-corrected chi connectivity index (χ3v) is 7.20. The van der Waals surface area contributed by atoms with Gasteiger partial charge in [-0.25, -0.2) is 4.79 Å². The highest BCUT2D eigenvalue weighted by Gasteiger charge is 2.68. The highest BCUT2D eigenvalue weighted by molar-refractivity contribution is 5.79. The van der Waals surface area contributed by atoms with Crippen molar-refractivity contribution < 1.29 is 14.6 Å². The van der Waals surface area contributed by atoms with Gasteiger partial charge in [-0.1, -0.05) is 55.0 Å². The molecule has 2 N–H and O–H groups in total. The van der Waals surface area contributed by atoms with Crippen molar-refractivity contribution in [2.24, 2.45) is 10.8 Å². The molecule has 3 aliphatic carbocycles. The smallest absolute Gasteiger partial charge is 0.407 e. The number of ether oxygens (including phenoxy) is 1. The van der Waals surface area contributed by atoms with E-state index in [-0.39, 0.29) is 24.0 Å². The fraction of sp³-hybridized carbons (Fsp3) is 0.435. The second kappa shape index (κ2) is 6.10. The number of amides is 1. The van der Waals surface area contributed by atoms with Crippen molar-refractivity contribution in [1.82, 2.24) is 5.32 Å². The molecule has 0 aliphatic heterocycles. The van der Waals surface area contributed by atoms with Crippen molar-refractivity contribution in [1.29, 1.82) is 0 Å². The number of carbonyl (C=O) groups excluding carboxylic acids is 1. The lowest BCUT2D eigenvalue weighted by Crippen LogP contribution is -2.37. The second-order valence-electron chi connectivity index (χ2n) is 8.43. The summed E-state index contributed by atoms with van der Waals surface area (Å²) < 4.78 is 5.60. The number of alkyl carbamates (subject to hydrolysis) is 1. The van der Waals surface area contributed by atoms with Gasteiger partial charge in [0.1, 0.15) is 6.61 Å². The Bertz CT molecular complexity index is 843. The lowest BCUT2D eigenvalue weighted by molar-refractivity contribution is 0.110. The Morgan fingerprint density at radius 2 is 1.70 bits per heavy atom. The lowest BCUT2D eigenvalue weighted by atomic mass is 9.75. The van der Waals surface area contributed by atoms with Crippen LogP contribution in [0.15, 0.2) is 48.5 Å². The number of fused-ring (bicyclic) bond motifs is 3. The highest BCUT2D eigenvalue weighted by atomic mass is 16.5. The van der Waals surface area contributed by atoms with E-state index in [1.807, 2.05) is 24.3 Å². The van der Waals surface area contributed by atoms with Crippen LogP contribution in [0.1, 0.15) is 42.7 Å². The van der Waals surface area contributed by atoms with E-state index in [4.69, 9.17) is 4.74 Å². The molecule has 4 nitrogen and oxygen atoms in total. The molecular weight excluding hydrogens is 338 g/mol. The number of nitrogens with one attached hydrogen (secondary N) is 1. The number of rotatable bonds is 5. The van der Waals surface area contributed by atoms with Gasteiger partial charge in [0.05, 0.1) is 6.61 Å². The SMILES string of the molecule is O=C(NCC1(CO)CC12CCC2)OCC1c2ccccc2-c2ccccc21. The number of hydrogen-bond donors (Lipinski definition) is 2. The first kappa shape index (κ1) is 16.8. The minimum atomic E-state index is -0.383. The molecule has 0 radical (unpaired) electrons. The first-order valence-electron chi connectivity index (χ1n) is 9.88. The van der Waals surface area contributed by atoms with Crippen LogP contribution in [0.2, 0.25) is 0 Å². The average Bonchev–Trinajstić information content (AvgIpc) is 3.28. The Morgan fingerprint density at radius 1 is 1.07 bits per heavy atom. The molecule has 0 bridgehead atoms. The Labute approximate surface area is 159 Å². The zero-order chi connectivity index (χ0) is 18.5. The van der Waals surface area contributed by atoms with Crippen molar-refractivity contribution in [3.8, 4) is 11.1 Å². The van der Waals surface area contributed by atoms with Crippen LogP contribution >= 0.6 is 0 Å². The van der Waals surface area contributed by atoms with E-state index in [0.29, 0.717) is 18.6 Å². The van der Waals surface area contributed by atoms with Crippen LogP contribution in [0.25, 0.3) is 11.1 Å². The summed E-state index contributed by atoms with van der Waals surface area (Å²) in [4.78, 5) is 12.3. The van der Waals surface area contributed by atoms with Gasteiger partial charge in [0, 0.05) is 17.9 Å². The molecular formula is C23H25NO3.